The molecule has 0 fully saturated rings. The molecule has 0 aliphatic carbocycles. The molecule has 0 bridgehead atoms. The van der Waals surface area contributed by atoms with E-state index in [0.29, 0.717) is 5.56 Å². The van der Waals surface area contributed by atoms with E-state index in [1.165, 1.54) is 0 Å². The van der Waals surface area contributed by atoms with Gasteiger partial charge in [0.25, 0.3) is 0 Å². The van der Waals surface area contributed by atoms with Gasteiger partial charge in [0.2, 0.25) is 0 Å². The predicted molar refractivity (Wildman–Crippen MR) is 67.6 cm³/mol. The van der Waals surface area contributed by atoms with E-state index in [2.05, 4.69) is 0 Å². The average molecular weight is 229 g/mol. The second-order valence-corrected chi connectivity index (χ2v) is 4.52. The van der Waals surface area contributed by atoms with Crippen molar-refractivity contribution in [1.29, 1.82) is 0 Å². The van der Waals surface area contributed by atoms with Gasteiger partial charge in [0.1, 0.15) is 0 Å². The molecule has 2 aromatic rings. The summed E-state index contributed by atoms with van der Waals surface area (Å²) < 4.78 is 5.17. The summed E-state index contributed by atoms with van der Waals surface area (Å²) in [5.74, 6) is -0.394. The van der Waals surface area contributed by atoms with Gasteiger partial charge in [-0.3, -0.25) is 5.73 Å². The third-order valence-corrected chi connectivity index (χ3v) is 2.37. The number of carbonyl (C=O) groups excluding carboxylic acids is 1. The zero-order chi connectivity index (χ0) is 12.5. The van der Waals surface area contributed by atoms with E-state index in [1.807, 2.05) is 36.4 Å². The molecule has 0 unspecified atom stereocenters. The van der Waals surface area contributed by atoms with Crippen molar-refractivity contribution in [3.8, 4) is 0 Å². The second-order valence-electron chi connectivity index (χ2n) is 4.52. The van der Waals surface area contributed by atoms with Crippen molar-refractivity contribution in [3.05, 3.63) is 48.0 Å². The number of nitrogens with two attached hydrogens (primary N) is 1. The molecule has 0 aliphatic rings. The fourth-order valence-electron chi connectivity index (χ4n) is 1.70. The van der Waals surface area contributed by atoms with Crippen molar-refractivity contribution in [3.63, 3.8) is 0 Å². The fraction of sp³-hybridized carbons (Fsp3) is 0.214. The summed E-state index contributed by atoms with van der Waals surface area (Å²) in [6.45, 7) is 3.30. The van der Waals surface area contributed by atoms with Crippen LogP contribution in [0.15, 0.2) is 42.5 Å². The maximum Gasteiger partial charge on any atom is 0.340 e. The Kier molecular flexibility index (Phi) is 2.86. The Morgan fingerprint density at radius 1 is 1.12 bits per heavy atom. The number of ether oxygens (including phenoxy) is 1. The van der Waals surface area contributed by atoms with E-state index < -0.39 is 11.7 Å². The number of benzene rings is 2. The van der Waals surface area contributed by atoms with Crippen LogP contribution in [0.25, 0.3) is 10.8 Å². The molecule has 0 aliphatic heterocycles. The highest BCUT2D eigenvalue weighted by molar-refractivity contribution is 6.04. The van der Waals surface area contributed by atoms with Gasteiger partial charge in [-0.05, 0) is 30.7 Å². The van der Waals surface area contributed by atoms with Crippen LogP contribution in [0.4, 0.5) is 0 Å². The van der Waals surface area contributed by atoms with E-state index >= 15 is 0 Å². The summed E-state index contributed by atoms with van der Waals surface area (Å²) in [5.41, 5.74) is 5.25. The zero-order valence-electron chi connectivity index (χ0n) is 9.94. The lowest BCUT2D eigenvalue weighted by Gasteiger charge is -2.19. The second kappa shape index (κ2) is 4.18. The van der Waals surface area contributed by atoms with E-state index in [-0.39, 0.29) is 0 Å². The topological polar surface area (TPSA) is 52.3 Å². The van der Waals surface area contributed by atoms with Gasteiger partial charge in [-0.1, -0.05) is 36.4 Å². The van der Waals surface area contributed by atoms with Gasteiger partial charge in [0.15, 0.2) is 5.72 Å². The molecule has 88 valence electrons. The summed E-state index contributed by atoms with van der Waals surface area (Å²) in [4.78, 5) is 12.0. The number of fused-ring (bicyclic) bond motifs is 1. The lowest BCUT2D eigenvalue weighted by molar-refractivity contribution is 0.00215. The zero-order valence-corrected chi connectivity index (χ0v) is 9.94. The first-order chi connectivity index (χ1) is 7.97. The van der Waals surface area contributed by atoms with Crippen molar-refractivity contribution in [2.75, 3.05) is 0 Å². The molecular weight excluding hydrogens is 214 g/mol. The van der Waals surface area contributed by atoms with Gasteiger partial charge in [-0.15, -0.1) is 0 Å². The molecule has 0 aromatic heterocycles. The van der Waals surface area contributed by atoms with Crippen LogP contribution in [-0.4, -0.2) is 11.7 Å². The molecule has 2 aromatic carbocycles. The van der Waals surface area contributed by atoms with Gasteiger partial charge in [-0.2, -0.15) is 0 Å². The van der Waals surface area contributed by atoms with Crippen molar-refractivity contribution in [1.82, 2.24) is 0 Å². The Labute approximate surface area is 100 Å². The lowest BCUT2D eigenvalue weighted by Crippen LogP contribution is -2.37. The number of rotatable bonds is 2. The summed E-state index contributed by atoms with van der Waals surface area (Å²) in [5, 5.41) is 1.89. The Bertz CT molecular complexity index is 550. The molecule has 0 saturated carbocycles. The van der Waals surface area contributed by atoms with Crippen LogP contribution in [0.2, 0.25) is 0 Å². The normalized spacial score (nSPS) is 11.5. The summed E-state index contributed by atoms with van der Waals surface area (Å²) >= 11 is 0. The maximum atomic E-state index is 12.0. The largest absolute Gasteiger partial charge is 0.441 e. The fourth-order valence-corrected chi connectivity index (χ4v) is 1.70. The van der Waals surface area contributed by atoms with Crippen LogP contribution in [-0.2, 0) is 4.74 Å². The molecule has 0 atom stereocenters. The van der Waals surface area contributed by atoms with Gasteiger partial charge >= 0.3 is 5.97 Å². The predicted octanol–water partition coefficient (Wildman–Crippen LogP) is 2.69. The monoisotopic (exact) mass is 229 g/mol. The molecular formula is C14H15NO2. The highest BCUT2D eigenvalue weighted by Crippen LogP contribution is 2.20. The molecule has 0 heterocycles. The average Bonchev–Trinajstić information content (AvgIpc) is 2.26. The van der Waals surface area contributed by atoms with Crippen LogP contribution in [0.1, 0.15) is 24.2 Å². The molecule has 3 heteroatoms. The first kappa shape index (κ1) is 11.6. The van der Waals surface area contributed by atoms with Crippen LogP contribution < -0.4 is 5.73 Å². The van der Waals surface area contributed by atoms with Crippen molar-refractivity contribution >= 4 is 16.7 Å². The minimum absolute atomic E-state index is 0.394. The molecule has 0 amide bonds. The third kappa shape index (κ3) is 2.63. The summed E-state index contributed by atoms with van der Waals surface area (Å²) in [7, 11) is 0. The molecule has 2 N–H and O–H groups in total. The van der Waals surface area contributed by atoms with Crippen LogP contribution in [0.5, 0.6) is 0 Å². The molecule has 0 saturated heterocycles. The quantitative estimate of drug-likeness (QED) is 0.636. The molecule has 3 nitrogen and oxygen atoms in total. The Morgan fingerprint density at radius 2 is 1.76 bits per heavy atom. The van der Waals surface area contributed by atoms with Crippen molar-refractivity contribution in [2.45, 2.75) is 19.6 Å². The van der Waals surface area contributed by atoms with Crippen LogP contribution in [0, 0.1) is 0 Å². The van der Waals surface area contributed by atoms with E-state index in [9.17, 15) is 4.79 Å². The molecule has 0 spiro atoms. The van der Waals surface area contributed by atoms with Crippen LogP contribution >= 0.6 is 0 Å². The molecule has 2 rings (SSSR count). The SMILES string of the molecule is CC(C)(N)OC(=O)c1cccc2ccccc12. The highest BCUT2D eigenvalue weighted by atomic mass is 16.6. The van der Waals surface area contributed by atoms with Crippen molar-refractivity contribution < 1.29 is 9.53 Å². The number of hydrogen-bond acceptors (Lipinski definition) is 3. The molecule has 17 heavy (non-hydrogen) atoms. The van der Waals surface area contributed by atoms with E-state index in [0.717, 1.165) is 10.8 Å². The van der Waals surface area contributed by atoms with Gasteiger partial charge in [-0.25, -0.2) is 4.79 Å². The minimum Gasteiger partial charge on any atom is -0.441 e. The maximum absolute atomic E-state index is 12.0. The Hall–Kier alpha value is -1.87. The van der Waals surface area contributed by atoms with Gasteiger partial charge < -0.3 is 4.74 Å². The van der Waals surface area contributed by atoms with Gasteiger partial charge in [0, 0.05) is 0 Å². The van der Waals surface area contributed by atoms with Crippen LogP contribution in [0.3, 0.4) is 0 Å². The number of hydrogen-bond donors (Lipinski definition) is 1. The standard InChI is InChI=1S/C14H15NO2/c1-14(2,15)17-13(16)12-9-5-7-10-6-3-4-8-11(10)12/h3-9H,15H2,1-2H3. The summed E-state index contributed by atoms with van der Waals surface area (Å²) in [6.07, 6.45) is 0. The first-order valence-corrected chi connectivity index (χ1v) is 5.47. The first-order valence-electron chi connectivity index (χ1n) is 5.47. The van der Waals surface area contributed by atoms with E-state index in [1.54, 1.807) is 19.9 Å². The number of carbonyl (C=O) groups is 1. The molecule has 0 radical (unpaired) electrons. The minimum atomic E-state index is -0.964. The number of esters is 1. The Balaban J connectivity index is 2.45. The van der Waals surface area contributed by atoms with Crippen molar-refractivity contribution in [2.24, 2.45) is 5.73 Å². The van der Waals surface area contributed by atoms with E-state index in [4.69, 9.17) is 10.5 Å². The smallest absolute Gasteiger partial charge is 0.340 e. The highest BCUT2D eigenvalue weighted by Gasteiger charge is 2.19. The summed E-state index contributed by atoms with van der Waals surface area (Å²) in [6, 6.07) is 13.2. The third-order valence-electron chi connectivity index (χ3n) is 2.37. The lowest BCUT2D eigenvalue weighted by atomic mass is 10.0. The Morgan fingerprint density at radius 3 is 2.47 bits per heavy atom. The van der Waals surface area contributed by atoms with Gasteiger partial charge in [0.05, 0.1) is 5.56 Å².